The molecule has 0 saturated carbocycles. The Kier molecular flexibility index (Phi) is 4.20. The van der Waals surface area contributed by atoms with Crippen LogP contribution in [0, 0.1) is 11.8 Å². The number of ether oxygens (including phenoxy) is 1. The summed E-state index contributed by atoms with van der Waals surface area (Å²) in [6, 6.07) is -0.456. The first-order chi connectivity index (χ1) is 10.1. The summed E-state index contributed by atoms with van der Waals surface area (Å²) in [4.78, 5) is 29.3. The number of fused-ring (bicyclic) bond motifs is 1. The van der Waals surface area contributed by atoms with Crippen molar-refractivity contribution < 1.29 is 14.3 Å². The van der Waals surface area contributed by atoms with Gasteiger partial charge in [-0.3, -0.25) is 9.59 Å². The molecule has 2 unspecified atom stereocenters. The summed E-state index contributed by atoms with van der Waals surface area (Å²) in [6.07, 6.45) is 3.78. The summed E-state index contributed by atoms with van der Waals surface area (Å²) in [7, 11) is 0. The molecular formula is C16H26N2O3. The van der Waals surface area contributed by atoms with Gasteiger partial charge < -0.3 is 14.5 Å². The highest BCUT2D eigenvalue weighted by Crippen LogP contribution is 2.31. The summed E-state index contributed by atoms with van der Waals surface area (Å²) in [5.41, 5.74) is 0. The van der Waals surface area contributed by atoms with Crippen molar-refractivity contribution in [2.45, 2.75) is 51.6 Å². The van der Waals surface area contributed by atoms with Crippen LogP contribution >= 0.6 is 0 Å². The second kappa shape index (κ2) is 5.95. The molecule has 0 spiro atoms. The zero-order valence-corrected chi connectivity index (χ0v) is 13.1. The number of piperazine rings is 1. The van der Waals surface area contributed by atoms with Crippen molar-refractivity contribution in [2.75, 3.05) is 26.3 Å². The van der Waals surface area contributed by atoms with E-state index in [4.69, 9.17) is 4.74 Å². The third-order valence-corrected chi connectivity index (χ3v) is 5.12. The minimum atomic E-state index is -0.269. The Bertz CT molecular complexity index is 418. The van der Waals surface area contributed by atoms with Gasteiger partial charge in [-0.15, -0.1) is 0 Å². The standard InChI is InChI=1S/C16H26N2O3/c1-11(2)14-16(20)17-7-3-4-13(17)15(19)18(14)10-12-5-8-21-9-6-12/h11-14H,3-10H2,1-2H3. The van der Waals surface area contributed by atoms with E-state index in [0.29, 0.717) is 5.92 Å². The molecule has 3 rings (SSSR count). The van der Waals surface area contributed by atoms with E-state index in [1.54, 1.807) is 0 Å². The van der Waals surface area contributed by atoms with Crippen molar-refractivity contribution in [1.82, 2.24) is 9.80 Å². The van der Waals surface area contributed by atoms with Crippen LogP contribution in [-0.4, -0.2) is 60.0 Å². The molecule has 2 atom stereocenters. The lowest BCUT2D eigenvalue weighted by Crippen LogP contribution is -2.65. The second-order valence-corrected chi connectivity index (χ2v) is 6.92. The smallest absolute Gasteiger partial charge is 0.246 e. The summed E-state index contributed by atoms with van der Waals surface area (Å²) >= 11 is 0. The average Bonchev–Trinajstić information content (AvgIpc) is 2.95. The van der Waals surface area contributed by atoms with E-state index in [0.717, 1.165) is 52.0 Å². The topological polar surface area (TPSA) is 49.9 Å². The molecule has 3 aliphatic heterocycles. The first-order valence-corrected chi connectivity index (χ1v) is 8.28. The lowest BCUT2D eigenvalue weighted by molar-refractivity contribution is -0.162. The molecule has 0 aromatic rings. The second-order valence-electron chi connectivity index (χ2n) is 6.92. The molecule has 21 heavy (non-hydrogen) atoms. The molecule has 0 radical (unpaired) electrons. The van der Waals surface area contributed by atoms with Crippen molar-refractivity contribution >= 4 is 11.8 Å². The fraction of sp³-hybridized carbons (Fsp3) is 0.875. The third kappa shape index (κ3) is 2.68. The van der Waals surface area contributed by atoms with Gasteiger partial charge in [0.15, 0.2) is 0 Å². The van der Waals surface area contributed by atoms with Crippen LogP contribution in [0.15, 0.2) is 0 Å². The maximum atomic E-state index is 12.8. The predicted molar refractivity (Wildman–Crippen MR) is 78.6 cm³/mol. The molecule has 118 valence electrons. The summed E-state index contributed by atoms with van der Waals surface area (Å²) in [5, 5.41) is 0. The Hall–Kier alpha value is -1.10. The first-order valence-electron chi connectivity index (χ1n) is 8.28. The minimum absolute atomic E-state index is 0.166. The fourth-order valence-electron chi connectivity index (χ4n) is 3.97. The van der Waals surface area contributed by atoms with Crippen LogP contribution in [0.2, 0.25) is 0 Å². The summed E-state index contributed by atoms with van der Waals surface area (Å²) in [6.45, 7) is 7.13. The molecule has 5 nitrogen and oxygen atoms in total. The van der Waals surface area contributed by atoms with Gasteiger partial charge in [0.05, 0.1) is 0 Å². The minimum Gasteiger partial charge on any atom is -0.381 e. The fourth-order valence-corrected chi connectivity index (χ4v) is 3.97. The SMILES string of the molecule is CC(C)C1C(=O)N2CCCC2C(=O)N1CC1CCOCC1. The third-order valence-electron chi connectivity index (χ3n) is 5.12. The van der Waals surface area contributed by atoms with Gasteiger partial charge in [0.2, 0.25) is 11.8 Å². The van der Waals surface area contributed by atoms with Gasteiger partial charge >= 0.3 is 0 Å². The zero-order chi connectivity index (χ0) is 15.0. The highest BCUT2D eigenvalue weighted by atomic mass is 16.5. The molecule has 3 aliphatic rings. The number of carbonyl (C=O) groups excluding carboxylic acids is 2. The molecule has 5 heteroatoms. The lowest BCUT2D eigenvalue weighted by Gasteiger charge is -2.45. The van der Waals surface area contributed by atoms with Crippen LogP contribution in [0.3, 0.4) is 0 Å². The Morgan fingerprint density at radius 1 is 1.14 bits per heavy atom. The lowest BCUT2D eigenvalue weighted by atomic mass is 9.92. The average molecular weight is 294 g/mol. The molecule has 3 fully saturated rings. The molecular weight excluding hydrogens is 268 g/mol. The van der Waals surface area contributed by atoms with Crippen LogP contribution in [-0.2, 0) is 14.3 Å². The Balaban J connectivity index is 1.80. The maximum absolute atomic E-state index is 12.8. The maximum Gasteiger partial charge on any atom is 0.246 e. The van der Waals surface area contributed by atoms with Crippen molar-refractivity contribution in [1.29, 1.82) is 0 Å². The van der Waals surface area contributed by atoms with E-state index in [1.807, 2.05) is 23.6 Å². The van der Waals surface area contributed by atoms with Gasteiger partial charge in [-0.25, -0.2) is 0 Å². The zero-order valence-electron chi connectivity index (χ0n) is 13.1. The van der Waals surface area contributed by atoms with E-state index in [-0.39, 0.29) is 29.8 Å². The molecule has 2 amide bonds. The van der Waals surface area contributed by atoms with E-state index < -0.39 is 0 Å². The quantitative estimate of drug-likeness (QED) is 0.787. The molecule has 0 N–H and O–H groups in total. The number of hydrogen-bond acceptors (Lipinski definition) is 3. The van der Waals surface area contributed by atoms with Crippen molar-refractivity contribution in [3.63, 3.8) is 0 Å². The normalized spacial score (nSPS) is 31.2. The van der Waals surface area contributed by atoms with Crippen molar-refractivity contribution in [3.8, 4) is 0 Å². The number of amides is 2. The van der Waals surface area contributed by atoms with Crippen LogP contribution in [0.25, 0.3) is 0 Å². The largest absolute Gasteiger partial charge is 0.381 e. The molecule has 0 aromatic heterocycles. The monoisotopic (exact) mass is 294 g/mol. The van der Waals surface area contributed by atoms with Gasteiger partial charge in [-0.1, -0.05) is 13.8 Å². The van der Waals surface area contributed by atoms with Crippen LogP contribution in [0.4, 0.5) is 0 Å². The summed E-state index contributed by atoms with van der Waals surface area (Å²) in [5.74, 6) is 0.990. The van der Waals surface area contributed by atoms with E-state index in [1.165, 1.54) is 0 Å². The predicted octanol–water partition coefficient (Wildman–Crippen LogP) is 1.27. The number of hydrogen-bond donors (Lipinski definition) is 0. The van der Waals surface area contributed by atoms with Gasteiger partial charge in [-0.2, -0.15) is 0 Å². The molecule has 0 aliphatic carbocycles. The number of nitrogens with zero attached hydrogens (tertiary/aromatic N) is 2. The van der Waals surface area contributed by atoms with Crippen LogP contribution in [0.1, 0.15) is 39.5 Å². The summed E-state index contributed by atoms with van der Waals surface area (Å²) < 4.78 is 5.40. The van der Waals surface area contributed by atoms with E-state index in [9.17, 15) is 9.59 Å². The van der Waals surface area contributed by atoms with Crippen LogP contribution < -0.4 is 0 Å². The van der Waals surface area contributed by atoms with Gasteiger partial charge in [0.1, 0.15) is 12.1 Å². The molecule has 3 saturated heterocycles. The van der Waals surface area contributed by atoms with Crippen molar-refractivity contribution in [3.05, 3.63) is 0 Å². The van der Waals surface area contributed by atoms with E-state index in [2.05, 4.69) is 0 Å². The molecule has 0 bridgehead atoms. The van der Waals surface area contributed by atoms with Gasteiger partial charge in [0, 0.05) is 26.3 Å². The Morgan fingerprint density at radius 3 is 2.52 bits per heavy atom. The Labute approximate surface area is 126 Å². The number of carbonyl (C=O) groups is 2. The van der Waals surface area contributed by atoms with Gasteiger partial charge in [0.25, 0.3) is 0 Å². The highest BCUT2D eigenvalue weighted by Gasteiger charge is 2.48. The Morgan fingerprint density at radius 2 is 1.86 bits per heavy atom. The molecule has 3 heterocycles. The van der Waals surface area contributed by atoms with Gasteiger partial charge in [-0.05, 0) is 37.5 Å². The number of rotatable bonds is 3. The molecule has 0 aromatic carbocycles. The van der Waals surface area contributed by atoms with Crippen LogP contribution in [0.5, 0.6) is 0 Å². The highest BCUT2D eigenvalue weighted by molar-refractivity contribution is 5.97. The van der Waals surface area contributed by atoms with Crippen molar-refractivity contribution in [2.24, 2.45) is 11.8 Å². The van der Waals surface area contributed by atoms with E-state index >= 15 is 0 Å². The first kappa shape index (κ1) is 14.8.